The number of rotatable bonds is 8. The van der Waals surface area contributed by atoms with Gasteiger partial charge in [-0.25, -0.2) is 14.6 Å². The number of ether oxygens (including phenoxy) is 1. The Labute approximate surface area is 186 Å². The highest BCUT2D eigenvalue weighted by atomic mass is 16.5. The van der Waals surface area contributed by atoms with Gasteiger partial charge in [0.1, 0.15) is 11.9 Å². The van der Waals surface area contributed by atoms with Crippen molar-refractivity contribution in [3.63, 3.8) is 0 Å². The molecule has 4 aromatic rings. The van der Waals surface area contributed by atoms with Gasteiger partial charge in [0.2, 0.25) is 0 Å². The second kappa shape index (κ2) is 8.86. The Bertz CT molecular complexity index is 1360. The second-order valence-electron chi connectivity index (χ2n) is 7.87. The molecule has 1 unspecified atom stereocenters. The molecule has 0 aliphatic heterocycles. The molecule has 0 fully saturated rings. The van der Waals surface area contributed by atoms with Crippen LogP contribution in [-0.2, 0) is 16.1 Å². The number of fused-ring (bicyclic) bond motifs is 2. The molecule has 2 aromatic heterocycles. The van der Waals surface area contributed by atoms with Crippen LogP contribution in [-0.4, -0.2) is 31.3 Å². The van der Waals surface area contributed by atoms with Crippen LogP contribution in [0.4, 0.5) is 0 Å². The molecule has 4 rings (SSSR count). The fourth-order valence-corrected chi connectivity index (χ4v) is 4.29. The number of carbonyl (C=O) groups is 1. The van der Waals surface area contributed by atoms with Gasteiger partial charge in [-0.15, -0.1) is 0 Å². The summed E-state index contributed by atoms with van der Waals surface area (Å²) < 4.78 is 10.6. The Kier molecular flexibility index (Phi) is 5.99. The van der Waals surface area contributed by atoms with E-state index < -0.39 is 6.04 Å². The van der Waals surface area contributed by atoms with Crippen LogP contribution in [0.3, 0.4) is 0 Å². The van der Waals surface area contributed by atoms with Crippen molar-refractivity contribution >= 4 is 33.7 Å². The molecule has 7 heteroatoms. The molecule has 0 saturated carbocycles. The van der Waals surface area contributed by atoms with Crippen molar-refractivity contribution in [3.05, 3.63) is 71.4 Å². The van der Waals surface area contributed by atoms with Gasteiger partial charge in [0.15, 0.2) is 0 Å². The third-order valence-electron chi connectivity index (χ3n) is 5.62. The molecule has 2 aromatic carbocycles. The van der Waals surface area contributed by atoms with E-state index in [1.807, 2.05) is 66.9 Å². The Morgan fingerprint density at radius 2 is 1.72 bits per heavy atom. The fraction of sp³-hybridized carbons (Fsp3) is 0.320. The average Bonchev–Trinajstić information content (AvgIpc) is 3.27. The minimum atomic E-state index is -0.507. The van der Waals surface area contributed by atoms with Gasteiger partial charge in [-0.3, -0.25) is 9.13 Å². The maximum Gasteiger partial charge on any atom is 0.333 e. The van der Waals surface area contributed by atoms with Crippen molar-refractivity contribution in [3.8, 4) is 0 Å². The molecule has 32 heavy (non-hydrogen) atoms. The number of hydrogen-bond acceptors (Lipinski definition) is 4. The summed E-state index contributed by atoms with van der Waals surface area (Å²) in [7, 11) is 0. The first-order valence-corrected chi connectivity index (χ1v) is 11.0. The van der Waals surface area contributed by atoms with Gasteiger partial charge in [-0.05, 0) is 44.5 Å². The van der Waals surface area contributed by atoms with Crippen LogP contribution in [0.15, 0.2) is 59.9 Å². The summed E-state index contributed by atoms with van der Waals surface area (Å²) in [5, 5.41) is 0. The Balaban J connectivity index is 1.93. The highest BCUT2D eigenvalue weighted by Crippen LogP contribution is 2.27. The minimum absolute atomic E-state index is 0.180. The summed E-state index contributed by atoms with van der Waals surface area (Å²) in [5.74, 6) is 0.361. The zero-order chi connectivity index (χ0) is 22.8. The summed E-state index contributed by atoms with van der Waals surface area (Å²) in [5.41, 5.74) is 3.69. The topological polar surface area (TPSA) is 71.0 Å². The van der Waals surface area contributed by atoms with Crippen LogP contribution in [0.5, 0.6) is 0 Å². The Morgan fingerprint density at radius 1 is 1.06 bits per heavy atom. The van der Waals surface area contributed by atoms with Crippen LogP contribution in [0.2, 0.25) is 0 Å². The number of imidazole rings is 2. The molecule has 0 spiro atoms. The molecular weight excluding hydrogens is 404 g/mol. The molecule has 0 bridgehead atoms. The van der Waals surface area contributed by atoms with Gasteiger partial charge in [0, 0.05) is 5.70 Å². The predicted octanol–water partition coefficient (Wildman–Crippen LogP) is 4.60. The number of para-hydroxylation sites is 4. The van der Waals surface area contributed by atoms with Gasteiger partial charge < -0.3 is 9.30 Å². The lowest BCUT2D eigenvalue weighted by molar-refractivity contribution is -0.147. The quantitative estimate of drug-likeness (QED) is 0.382. The first-order chi connectivity index (χ1) is 15.5. The zero-order valence-electron chi connectivity index (χ0n) is 18.7. The molecule has 0 amide bonds. The smallest absolute Gasteiger partial charge is 0.333 e. The van der Waals surface area contributed by atoms with Gasteiger partial charge in [-0.1, -0.05) is 44.2 Å². The second-order valence-corrected chi connectivity index (χ2v) is 7.87. The monoisotopic (exact) mass is 432 g/mol. The number of esters is 1. The average molecular weight is 433 g/mol. The van der Waals surface area contributed by atoms with Crippen molar-refractivity contribution in [2.24, 2.45) is 0 Å². The predicted molar refractivity (Wildman–Crippen MR) is 127 cm³/mol. The van der Waals surface area contributed by atoms with Crippen LogP contribution in [0, 0.1) is 0 Å². The Morgan fingerprint density at radius 3 is 2.38 bits per heavy atom. The normalized spacial score (nSPS) is 12.3. The van der Waals surface area contributed by atoms with E-state index in [0.29, 0.717) is 24.5 Å². The van der Waals surface area contributed by atoms with Crippen LogP contribution in [0.25, 0.3) is 27.8 Å². The first kappa shape index (κ1) is 21.6. The minimum Gasteiger partial charge on any atom is -0.464 e. The number of hydrogen-bond donors (Lipinski definition) is 0. The number of benzene rings is 2. The van der Waals surface area contributed by atoms with E-state index in [9.17, 15) is 9.59 Å². The summed E-state index contributed by atoms with van der Waals surface area (Å²) >= 11 is 0. The van der Waals surface area contributed by atoms with Gasteiger partial charge in [-0.2, -0.15) is 0 Å². The lowest BCUT2D eigenvalue weighted by atomic mass is 10.1. The highest BCUT2D eigenvalue weighted by molar-refractivity contribution is 5.82. The summed E-state index contributed by atoms with van der Waals surface area (Å²) in [6.07, 6.45) is 1.43. The Hall–Kier alpha value is -3.61. The van der Waals surface area contributed by atoms with Crippen LogP contribution < -0.4 is 5.69 Å². The van der Waals surface area contributed by atoms with E-state index in [4.69, 9.17) is 9.72 Å². The van der Waals surface area contributed by atoms with Gasteiger partial charge >= 0.3 is 11.7 Å². The molecule has 0 aliphatic rings. The van der Waals surface area contributed by atoms with E-state index in [1.165, 1.54) is 0 Å². The van der Waals surface area contributed by atoms with E-state index in [-0.39, 0.29) is 18.2 Å². The number of nitrogens with zero attached hydrogens (tertiary/aromatic N) is 4. The van der Waals surface area contributed by atoms with E-state index in [2.05, 4.69) is 6.58 Å². The molecule has 0 saturated heterocycles. The largest absolute Gasteiger partial charge is 0.464 e. The molecular formula is C25H28N4O3. The highest BCUT2D eigenvalue weighted by Gasteiger charge is 2.27. The SMILES string of the molecule is C=C(C)n1c(=O)n(Cc2nc3ccccc3n2C(CCC)C(=O)OCC)c2ccccc21. The maximum atomic E-state index is 13.3. The number of aromatic nitrogens is 4. The third kappa shape index (κ3) is 3.64. The van der Waals surface area contributed by atoms with E-state index in [0.717, 1.165) is 28.5 Å². The summed E-state index contributed by atoms with van der Waals surface area (Å²) in [6.45, 7) is 10.2. The van der Waals surface area contributed by atoms with Crippen LogP contribution >= 0.6 is 0 Å². The maximum absolute atomic E-state index is 13.3. The molecule has 0 radical (unpaired) electrons. The molecule has 166 valence electrons. The summed E-state index contributed by atoms with van der Waals surface area (Å²) in [6, 6.07) is 14.8. The van der Waals surface area contributed by atoms with E-state index >= 15 is 0 Å². The van der Waals surface area contributed by atoms with Crippen molar-refractivity contribution in [1.82, 2.24) is 18.7 Å². The van der Waals surface area contributed by atoms with Crippen molar-refractivity contribution in [1.29, 1.82) is 0 Å². The van der Waals surface area contributed by atoms with Crippen molar-refractivity contribution < 1.29 is 9.53 Å². The van der Waals surface area contributed by atoms with Crippen LogP contribution in [0.1, 0.15) is 45.5 Å². The van der Waals surface area contributed by atoms with Crippen molar-refractivity contribution in [2.75, 3.05) is 6.61 Å². The number of carbonyl (C=O) groups excluding carboxylic acids is 1. The zero-order valence-corrected chi connectivity index (χ0v) is 18.7. The lowest BCUT2D eigenvalue weighted by Gasteiger charge is -2.20. The van der Waals surface area contributed by atoms with E-state index in [1.54, 1.807) is 16.1 Å². The summed E-state index contributed by atoms with van der Waals surface area (Å²) in [4.78, 5) is 31.0. The molecule has 7 nitrogen and oxygen atoms in total. The lowest BCUT2D eigenvalue weighted by Crippen LogP contribution is -2.28. The first-order valence-electron chi connectivity index (χ1n) is 11.0. The molecule has 0 N–H and O–H groups in total. The van der Waals surface area contributed by atoms with Crippen molar-refractivity contribution in [2.45, 2.75) is 46.2 Å². The molecule has 0 aliphatic carbocycles. The third-order valence-corrected chi connectivity index (χ3v) is 5.62. The fourth-order valence-electron chi connectivity index (χ4n) is 4.29. The molecule has 1 atom stereocenters. The van der Waals surface area contributed by atoms with Gasteiger partial charge in [0.25, 0.3) is 0 Å². The van der Waals surface area contributed by atoms with Gasteiger partial charge in [0.05, 0.1) is 35.2 Å². The standard InChI is InChI=1S/C25H28N4O3/c1-5-11-22(24(30)32-6-2)29-19-13-8-7-12-18(19)26-23(29)16-27-20-14-9-10-15-21(20)28(17(3)4)25(27)31/h7-10,12-15,22H,3,5-6,11,16H2,1-2,4H3. The number of allylic oxidation sites excluding steroid dienone is 1. The molecule has 2 heterocycles.